The third-order valence-corrected chi connectivity index (χ3v) is 3.55. The molecule has 0 radical (unpaired) electrons. The van der Waals surface area contributed by atoms with Crippen LogP contribution in [0.5, 0.6) is 0 Å². The molecule has 0 saturated carbocycles. The number of hydrogen-bond donors (Lipinski definition) is 1. The predicted molar refractivity (Wildman–Crippen MR) is 70.9 cm³/mol. The molecule has 2 rings (SSSR count). The molecule has 1 aliphatic heterocycles. The first-order valence-electron chi connectivity index (χ1n) is 6.54. The minimum absolute atomic E-state index is 0.0271. The maximum absolute atomic E-state index is 13.0. The summed E-state index contributed by atoms with van der Waals surface area (Å²) in [4.78, 5) is 24.9. The van der Waals surface area contributed by atoms with E-state index < -0.39 is 34.7 Å². The smallest absolute Gasteiger partial charge is 0.367 e. The van der Waals surface area contributed by atoms with Crippen molar-refractivity contribution in [1.82, 2.24) is 4.90 Å². The molecule has 2 N–H and O–H groups in total. The highest BCUT2D eigenvalue weighted by Gasteiger charge is 2.41. The summed E-state index contributed by atoms with van der Waals surface area (Å²) in [5.74, 6) is -1.57. The number of hydrogen-bond acceptors (Lipinski definition) is 3. The van der Waals surface area contributed by atoms with Gasteiger partial charge in [-0.05, 0) is 19.1 Å². The maximum atomic E-state index is 13.0. The van der Waals surface area contributed by atoms with Gasteiger partial charge in [0.05, 0.1) is 24.3 Å². The number of benzene rings is 1. The quantitative estimate of drug-likeness (QED) is 0.897. The molecule has 1 heterocycles. The average molecular weight is 316 g/mol. The van der Waals surface area contributed by atoms with Crippen LogP contribution in [-0.2, 0) is 15.7 Å². The largest absolute Gasteiger partial charge is 0.417 e. The Morgan fingerprint density at radius 1 is 1.32 bits per heavy atom. The van der Waals surface area contributed by atoms with E-state index in [0.29, 0.717) is 0 Å². The lowest BCUT2D eigenvalue weighted by atomic mass is 10.0. The molecule has 0 bridgehead atoms. The van der Waals surface area contributed by atoms with Gasteiger partial charge in [0.25, 0.3) is 11.8 Å². The van der Waals surface area contributed by atoms with Crippen molar-refractivity contribution >= 4 is 11.8 Å². The number of nitrogens with two attached hydrogens (primary N) is 1. The van der Waals surface area contributed by atoms with Crippen LogP contribution in [0, 0.1) is 0 Å². The Hall–Kier alpha value is -2.09. The van der Waals surface area contributed by atoms with Gasteiger partial charge < -0.3 is 15.4 Å². The van der Waals surface area contributed by atoms with Crippen LogP contribution >= 0.6 is 0 Å². The van der Waals surface area contributed by atoms with Crippen molar-refractivity contribution in [2.24, 2.45) is 5.73 Å². The van der Waals surface area contributed by atoms with Crippen molar-refractivity contribution < 1.29 is 27.5 Å². The van der Waals surface area contributed by atoms with Crippen LogP contribution in [0.25, 0.3) is 0 Å². The van der Waals surface area contributed by atoms with Crippen molar-refractivity contribution in [3.63, 3.8) is 0 Å². The fraction of sp³-hybridized carbons (Fsp3) is 0.429. The monoisotopic (exact) mass is 316 g/mol. The molecule has 8 heteroatoms. The Morgan fingerprint density at radius 2 is 1.95 bits per heavy atom. The Morgan fingerprint density at radius 3 is 2.55 bits per heavy atom. The fourth-order valence-corrected chi connectivity index (χ4v) is 2.28. The standard InChI is InChI=1S/C14H15F3N2O3/c1-13(12(18)21)8-19(6-7-22-13)11(20)9-4-2-3-5-10(9)14(15,16)17/h2-5H,6-8H2,1H3,(H2,18,21). The van der Waals surface area contributed by atoms with E-state index in [0.717, 1.165) is 17.0 Å². The summed E-state index contributed by atoms with van der Waals surface area (Å²) >= 11 is 0. The number of amides is 2. The van der Waals surface area contributed by atoms with Crippen LogP contribution in [0.2, 0.25) is 0 Å². The lowest BCUT2D eigenvalue weighted by Gasteiger charge is -2.38. The Kier molecular flexibility index (Phi) is 4.15. The van der Waals surface area contributed by atoms with Crippen molar-refractivity contribution in [2.45, 2.75) is 18.7 Å². The second-order valence-corrected chi connectivity index (χ2v) is 5.21. The van der Waals surface area contributed by atoms with Crippen molar-refractivity contribution in [3.05, 3.63) is 35.4 Å². The lowest BCUT2D eigenvalue weighted by molar-refractivity contribution is -0.150. The Labute approximate surface area is 124 Å². The van der Waals surface area contributed by atoms with Gasteiger partial charge in [-0.1, -0.05) is 12.1 Å². The van der Waals surface area contributed by atoms with Gasteiger partial charge in [0.2, 0.25) is 0 Å². The molecule has 1 saturated heterocycles. The zero-order valence-electron chi connectivity index (χ0n) is 11.8. The summed E-state index contributed by atoms with van der Waals surface area (Å²) in [5, 5.41) is 0. The van der Waals surface area contributed by atoms with Crippen LogP contribution in [0.4, 0.5) is 13.2 Å². The first-order valence-corrected chi connectivity index (χ1v) is 6.54. The molecule has 1 unspecified atom stereocenters. The second kappa shape index (κ2) is 5.60. The number of morpholine rings is 1. The van der Waals surface area contributed by atoms with Crippen molar-refractivity contribution in [1.29, 1.82) is 0 Å². The summed E-state index contributed by atoms with van der Waals surface area (Å²) in [6, 6.07) is 4.53. The van der Waals surface area contributed by atoms with E-state index >= 15 is 0 Å². The lowest BCUT2D eigenvalue weighted by Crippen LogP contribution is -2.58. The van der Waals surface area contributed by atoms with Crippen molar-refractivity contribution in [3.8, 4) is 0 Å². The molecule has 0 aromatic heterocycles. The number of halogens is 3. The van der Waals surface area contributed by atoms with Crippen molar-refractivity contribution in [2.75, 3.05) is 19.7 Å². The summed E-state index contributed by atoms with van der Waals surface area (Å²) in [6.45, 7) is 1.34. The van der Waals surface area contributed by atoms with E-state index in [4.69, 9.17) is 10.5 Å². The van der Waals surface area contributed by atoms with Gasteiger partial charge in [-0.25, -0.2) is 0 Å². The number of carbonyl (C=O) groups is 2. The average Bonchev–Trinajstić information content (AvgIpc) is 2.45. The molecule has 1 fully saturated rings. The Bertz CT molecular complexity index is 603. The number of carbonyl (C=O) groups excluding carboxylic acids is 2. The normalized spacial score (nSPS) is 22.5. The first kappa shape index (κ1) is 16.3. The topological polar surface area (TPSA) is 72.6 Å². The summed E-state index contributed by atoms with van der Waals surface area (Å²) in [5.41, 5.74) is 2.36. The van der Waals surface area contributed by atoms with Crippen LogP contribution in [0.15, 0.2) is 24.3 Å². The molecule has 0 aliphatic carbocycles. The predicted octanol–water partition coefficient (Wildman–Crippen LogP) is 1.42. The zero-order valence-corrected chi connectivity index (χ0v) is 11.8. The highest BCUT2D eigenvalue weighted by atomic mass is 19.4. The summed E-state index contributed by atoms with van der Waals surface area (Å²) in [6.07, 6.45) is -4.63. The molecule has 1 aliphatic rings. The van der Waals surface area contributed by atoms with Gasteiger partial charge in [0.15, 0.2) is 5.60 Å². The van der Waals surface area contributed by atoms with Gasteiger partial charge in [-0.2, -0.15) is 13.2 Å². The number of ether oxygens (including phenoxy) is 1. The van der Waals surface area contributed by atoms with E-state index in [1.807, 2.05) is 0 Å². The van der Waals surface area contributed by atoms with Gasteiger partial charge in [-0.3, -0.25) is 9.59 Å². The number of rotatable bonds is 2. The van der Waals surface area contributed by atoms with Crippen LogP contribution in [0.3, 0.4) is 0 Å². The summed E-state index contributed by atoms with van der Waals surface area (Å²) < 4.78 is 44.2. The molecule has 22 heavy (non-hydrogen) atoms. The molecule has 120 valence electrons. The number of alkyl halides is 3. The summed E-state index contributed by atoms with van der Waals surface area (Å²) in [7, 11) is 0. The second-order valence-electron chi connectivity index (χ2n) is 5.21. The molecule has 5 nitrogen and oxygen atoms in total. The molecule has 1 aromatic rings. The Balaban J connectivity index is 2.31. The van der Waals surface area contributed by atoms with E-state index in [-0.39, 0.29) is 19.7 Å². The highest BCUT2D eigenvalue weighted by Crippen LogP contribution is 2.32. The maximum Gasteiger partial charge on any atom is 0.417 e. The van der Waals surface area contributed by atoms with Gasteiger partial charge in [-0.15, -0.1) is 0 Å². The molecule has 0 spiro atoms. The fourth-order valence-electron chi connectivity index (χ4n) is 2.28. The molecular weight excluding hydrogens is 301 g/mol. The molecule has 2 amide bonds. The van der Waals surface area contributed by atoms with E-state index in [2.05, 4.69) is 0 Å². The number of primary amides is 1. The van der Waals surface area contributed by atoms with Gasteiger partial charge >= 0.3 is 6.18 Å². The van der Waals surface area contributed by atoms with Crippen LogP contribution < -0.4 is 5.73 Å². The zero-order chi connectivity index (χ0) is 16.5. The third kappa shape index (κ3) is 3.06. The third-order valence-electron chi connectivity index (χ3n) is 3.55. The van der Waals surface area contributed by atoms with E-state index in [1.54, 1.807) is 0 Å². The van der Waals surface area contributed by atoms with E-state index in [9.17, 15) is 22.8 Å². The van der Waals surface area contributed by atoms with Crippen LogP contribution in [-0.4, -0.2) is 42.0 Å². The highest BCUT2D eigenvalue weighted by molar-refractivity contribution is 5.96. The SMILES string of the molecule is CC1(C(N)=O)CN(C(=O)c2ccccc2C(F)(F)F)CCO1. The van der Waals surface area contributed by atoms with Crippen LogP contribution in [0.1, 0.15) is 22.8 Å². The molecular formula is C14H15F3N2O3. The molecule has 1 atom stereocenters. The minimum Gasteiger partial charge on any atom is -0.367 e. The minimum atomic E-state index is -4.63. The van der Waals surface area contributed by atoms with Gasteiger partial charge in [0.1, 0.15) is 0 Å². The number of nitrogens with zero attached hydrogens (tertiary/aromatic N) is 1. The van der Waals surface area contributed by atoms with Gasteiger partial charge in [0, 0.05) is 6.54 Å². The first-order chi connectivity index (χ1) is 10.1. The van der Waals surface area contributed by atoms with E-state index in [1.165, 1.54) is 19.1 Å². The molecule has 1 aromatic carbocycles.